The van der Waals surface area contributed by atoms with Crippen molar-refractivity contribution in [3.63, 3.8) is 0 Å². The quantitative estimate of drug-likeness (QED) is 0.247. The molecule has 11 heteroatoms. The predicted molar refractivity (Wildman–Crippen MR) is 123 cm³/mol. The maximum absolute atomic E-state index is 12.4. The molecule has 1 aromatic heterocycles. The number of hydrazone groups is 1. The summed E-state index contributed by atoms with van der Waals surface area (Å²) in [6, 6.07) is 13.5. The summed E-state index contributed by atoms with van der Waals surface area (Å²) in [5, 5.41) is 6.17. The Balaban J connectivity index is 1.60. The summed E-state index contributed by atoms with van der Waals surface area (Å²) < 4.78 is 26.5. The molecule has 10 nitrogen and oxygen atoms in total. The van der Waals surface area contributed by atoms with Crippen LogP contribution in [0.15, 0.2) is 66.0 Å². The zero-order valence-corrected chi connectivity index (χ0v) is 18.5. The average molecular weight is 468 g/mol. The number of carbonyl (C=O) groups is 2. The van der Waals surface area contributed by atoms with Crippen LogP contribution in [-0.4, -0.2) is 48.9 Å². The minimum absolute atomic E-state index is 0.0993. The van der Waals surface area contributed by atoms with Gasteiger partial charge in [-0.1, -0.05) is 12.1 Å². The van der Waals surface area contributed by atoms with E-state index in [1.165, 1.54) is 24.5 Å². The molecule has 0 atom stereocenters. The van der Waals surface area contributed by atoms with Crippen LogP contribution in [0.2, 0.25) is 0 Å². The first-order valence-corrected chi connectivity index (χ1v) is 11.2. The Morgan fingerprint density at radius 3 is 2.42 bits per heavy atom. The van der Waals surface area contributed by atoms with E-state index in [0.29, 0.717) is 23.4 Å². The number of aromatic nitrogens is 2. The molecule has 0 saturated heterocycles. The number of carbonyl (C=O) groups excluding carboxylic acids is 2. The molecule has 0 spiro atoms. The maximum atomic E-state index is 12.4. The van der Waals surface area contributed by atoms with Crippen molar-refractivity contribution in [2.75, 3.05) is 12.5 Å². The molecule has 170 valence electrons. The second-order valence-corrected chi connectivity index (χ2v) is 7.55. The standard InChI is InChI=1S/C22H21N5O5S/c1-2-32-18-9-7-16(8-10-18)19-12-23-13-20(26-19)22(29)27-25-11-15-3-5-17(6-4-15)21(28)24-14-33(30)31/h3-13,33H,2,14H2,1H3,(H,24,28)(H,27,29)/b25-11+. The van der Waals surface area contributed by atoms with Gasteiger partial charge in [-0.15, -0.1) is 0 Å². The number of nitrogens with zero attached hydrogens (tertiary/aromatic N) is 3. The Labute approximate surface area is 191 Å². The number of benzene rings is 2. The third kappa shape index (κ3) is 6.94. The molecule has 0 fully saturated rings. The lowest BCUT2D eigenvalue weighted by molar-refractivity contribution is 0.0945. The zero-order chi connectivity index (χ0) is 23.6. The molecule has 1 heterocycles. The van der Waals surface area contributed by atoms with Gasteiger partial charge in [0, 0.05) is 11.1 Å². The van der Waals surface area contributed by atoms with E-state index in [0.717, 1.165) is 11.3 Å². The molecule has 0 aliphatic heterocycles. The number of ether oxygens (including phenoxy) is 1. The first-order valence-electron chi connectivity index (χ1n) is 9.85. The lowest BCUT2D eigenvalue weighted by Crippen LogP contribution is -2.25. The zero-order valence-electron chi connectivity index (χ0n) is 17.6. The maximum Gasteiger partial charge on any atom is 0.291 e. The van der Waals surface area contributed by atoms with Crippen LogP contribution in [0.4, 0.5) is 0 Å². The molecule has 0 aliphatic rings. The van der Waals surface area contributed by atoms with E-state index in [2.05, 4.69) is 25.8 Å². The molecule has 3 rings (SSSR count). The van der Waals surface area contributed by atoms with Crippen molar-refractivity contribution in [2.45, 2.75) is 6.92 Å². The minimum Gasteiger partial charge on any atom is -0.494 e. The summed E-state index contributed by atoms with van der Waals surface area (Å²) in [4.78, 5) is 32.6. The Morgan fingerprint density at radius 1 is 1.03 bits per heavy atom. The molecule has 0 aliphatic carbocycles. The lowest BCUT2D eigenvalue weighted by Gasteiger charge is -2.06. The van der Waals surface area contributed by atoms with Crippen molar-refractivity contribution >= 4 is 28.7 Å². The smallest absolute Gasteiger partial charge is 0.291 e. The molecule has 0 bridgehead atoms. The van der Waals surface area contributed by atoms with Gasteiger partial charge < -0.3 is 10.1 Å². The van der Waals surface area contributed by atoms with Crippen LogP contribution in [0.3, 0.4) is 0 Å². The molecule has 2 amide bonds. The monoisotopic (exact) mass is 467 g/mol. The highest BCUT2D eigenvalue weighted by Crippen LogP contribution is 2.20. The number of rotatable bonds is 9. The van der Waals surface area contributed by atoms with E-state index in [4.69, 9.17) is 4.74 Å². The van der Waals surface area contributed by atoms with Crippen LogP contribution in [0.1, 0.15) is 33.3 Å². The van der Waals surface area contributed by atoms with Crippen LogP contribution in [0.25, 0.3) is 11.3 Å². The van der Waals surface area contributed by atoms with E-state index < -0.39 is 28.4 Å². The lowest BCUT2D eigenvalue weighted by atomic mass is 10.1. The van der Waals surface area contributed by atoms with Gasteiger partial charge >= 0.3 is 0 Å². The van der Waals surface area contributed by atoms with E-state index in [9.17, 15) is 18.0 Å². The molecule has 2 aromatic carbocycles. The molecule has 0 unspecified atom stereocenters. The third-order valence-electron chi connectivity index (χ3n) is 4.25. The number of hydrogen-bond acceptors (Lipinski definition) is 8. The largest absolute Gasteiger partial charge is 0.494 e. The van der Waals surface area contributed by atoms with Gasteiger partial charge in [-0.2, -0.15) is 5.10 Å². The van der Waals surface area contributed by atoms with E-state index in [-0.39, 0.29) is 5.69 Å². The summed E-state index contributed by atoms with van der Waals surface area (Å²) in [7, 11) is -2.69. The van der Waals surface area contributed by atoms with Gasteiger partial charge in [0.05, 0.1) is 30.9 Å². The molecule has 3 aromatic rings. The van der Waals surface area contributed by atoms with Gasteiger partial charge in [-0.05, 0) is 48.9 Å². The number of hydrogen-bond donors (Lipinski definition) is 3. The fourth-order valence-electron chi connectivity index (χ4n) is 2.68. The Bertz CT molecular complexity index is 1220. The fourth-order valence-corrected chi connectivity index (χ4v) is 2.96. The first-order chi connectivity index (χ1) is 16.0. The van der Waals surface area contributed by atoms with Crippen molar-refractivity contribution in [1.82, 2.24) is 20.7 Å². The third-order valence-corrected chi connectivity index (χ3v) is 4.67. The van der Waals surface area contributed by atoms with Gasteiger partial charge in [-0.3, -0.25) is 14.6 Å². The minimum atomic E-state index is -2.69. The summed E-state index contributed by atoms with van der Waals surface area (Å²) in [5.41, 5.74) is 4.72. The van der Waals surface area contributed by atoms with Crippen molar-refractivity contribution in [3.8, 4) is 17.0 Å². The summed E-state index contributed by atoms with van der Waals surface area (Å²) in [5.74, 6) is -0.719. The highest BCUT2D eigenvalue weighted by atomic mass is 32.2. The highest BCUT2D eigenvalue weighted by molar-refractivity contribution is 7.72. The van der Waals surface area contributed by atoms with Gasteiger partial charge in [0.1, 0.15) is 17.3 Å². The number of amides is 2. The second kappa shape index (κ2) is 11.5. The van der Waals surface area contributed by atoms with E-state index in [1.54, 1.807) is 18.3 Å². The van der Waals surface area contributed by atoms with Gasteiger partial charge in [0.25, 0.3) is 11.8 Å². The number of thiol groups is 1. The Kier molecular flexibility index (Phi) is 8.19. The van der Waals surface area contributed by atoms with E-state index in [1.807, 2.05) is 31.2 Å². The Hall–Kier alpha value is -4.12. The van der Waals surface area contributed by atoms with Crippen LogP contribution >= 0.6 is 0 Å². The summed E-state index contributed by atoms with van der Waals surface area (Å²) in [6.07, 6.45) is 4.30. The predicted octanol–water partition coefficient (Wildman–Crippen LogP) is 1.60. The average Bonchev–Trinajstić information content (AvgIpc) is 2.83. The molecular weight excluding hydrogens is 446 g/mol. The Morgan fingerprint density at radius 2 is 1.76 bits per heavy atom. The van der Waals surface area contributed by atoms with Crippen molar-refractivity contribution < 1.29 is 22.7 Å². The van der Waals surface area contributed by atoms with Crippen molar-refractivity contribution in [3.05, 3.63) is 77.7 Å². The molecule has 2 N–H and O–H groups in total. The van der Waals surface area contributed by atoms with Gasteiger partial charge in [-0.25, -0.2) is 18.8 Å². The van der Waals surface area contributed by atoms with Crippen LogP contribution in [-0.2, 0) is 10.7 Å². The topological polar surface area (TPSA) is 140 Å². The van der Waals surface area contributed by atoms with Crippen LogP contribution in [0.5, 0.6) is 5.75 Å². The van der Waals surface area contributed by atoms with Crippen molar-refractivity contribution in [2.24, 2.45) is 5.10 Å². The number of nitrogens with one attached hydrogen (secondary N) is 2. The van der Waals surface area contributed by atoms with E-state index >= 15 is 0 Å². The SMILES string of the molecule is CCOc1ccc(-c2cncc(C(=O)N/N=C/c3ccc(C(=O)NC[SH](=O)=O)cc3)n2)cc1. The second-order valence-electron chi connectivity index (χ2n) is 6.56. The summed E-state index contributed by atoms with van der Waals surface area (Å²) in [6.45, 7) is 2.47. The fraction of sp³-hybridized carbons (Fsp3) is 0.136. The molecule has 33 heavy (non-hydrogen) atoms. The van der Waals surface area contributed by atoms with Crippen molar-refractivity contribution in [1.29, 1.82) is 0 Å². The van der Waals surface area contributed by atoms with Crippen LogP contribution in [0, 0.1) is 0 Å². The summed E-state index contributed by atoms with van der Waals surface area (Å²) >= 11 is 0. The highest BCUT2D eigenvalue weighted by Gasteiger charge is 2.10. The molecule has 0 radical (unpaired) electrons. The van der Waals surface area contributed by atoms with Gasteiger partial charge in [0.15, 0.2) is 10.7 Å². The normalized spacial score (nSPS) is 10.8. The molecular formula is C22H21N5O5S. The van der Waals surface area contributed by atoms with Gasteiger partial charge in [0.2, 0.25) is 0 Å². The first kappa shape index (κ1) is 23.5. The molecule has 0 saturated carbocycles. The van der Waals surface area contributed by atoms with Crippen LogP contribution < -0.4 is 15.5 Å².